The van der Waals surface area contributed by atoms with Gasteiger partial charge in [0.25, 0.3) is 6.71 Å². The third-order valence-corrected chi connectivity index (χ3v) is 26.0. The quantitative estimate of drug-likeness (QED) is 0.159. The van der Waals surface area contributed by atoms with Gasteiger partial charge in [-0.25, -0.2) is 0 Å². The Labute approximate surface area is 515 Å². The van der Waals surface area contributed by atoms with Crippen LogP contribution in [0.2, 0.25) is 13.1 Å². The summed E-state index contributed by atoms with van der Waals surface area (Å²) in [6, 6.07) is 50.9. The number of benzene rings is 7. The summed E-state index contributed by atoms with van der Waals surface area (Å²) in [7, 11) is -1.10. The summed E-state index contributed by atoms with van der Waals surface area (Å²) in [4.78, 5) is 8.56. The monoisotopic (exact) mass is 1140 g/mol. The van der Waals surface area contributed by atoms with Gasteiger partial charge in [0.05, 0.1) is 20.0 Å². The zero-order valence-corrected chi connectivity index (χ0v) is 56.8. The summed E-state index contributed by atoms with van der Waals surface area (Å²) in [6.07, 6.45) is 11.9. The molecule has 4 aliphatic carbocycles. The first-order valence-corrected chi connectivity index (χ1v) is 36.1. The lowest BCUT2D eigenvalue weighted by molar-refractivity contribution is 0.195. The topological polar surface area (TPSA) is 9.72 Å². The molecule has 3 heterocycles. The molecule has 0 bridgehead atoms. The maximum atomic E-state index is 2.91. The highest BCUT2D eigenvalue weighted by Gasteiger charge is 2.59. The molecule has 14 rings (SSSR count). The second kappa shape index (κ2) is 18.4. The standard InChI is InChI=1S/C80H98BN3Si/c1-72(2,3)51-27-31-65(55(41-51)50-25-21-20-22-26-50)83-68-49-61-59(76(10,11)38-40-78(61,14)15)47-64(68)81-63-46-58-60(77(12,13)39-37-75(58,8)9)48-67(63)82(52-28-30-56-57(42-52)74(6,7)36-35-73(56,4)5)69-43-53(44-70(83)71(69)81)84-66-32-29-54(85(18)19)45-62(66)79(16)33-23-24-34-80(79,84)17/h20-22,25-32,41-49,85H,23-24,33-40H2,1-19H3. The maximum Gasteiger partial charge on any atom is 0.252 e. The molecular formula is C80H98BN3Si. The molecule has 7 aliphatic rings. The van der Waals surface area contributed by atoms with Crippen LogP contribution in [-0.4, -0.2) is 21.0 Å². The summed E-state index contributed by atoms with van der Waals surface area (Å²) >= 11 is 0. The second-order valence-corrected chi connectivity index (χ2v) is 36.9. The van der Waals surface area contributed by atoms with Crippen LogP contribution in [0, 0.1) is 0 Å². The van der Waals surface area contributed by atoms with Gasteiger partial charge in [-0.05, 0) is 217 Å². The summed E-state index contributed by atoms with van der Waals surface area (Å²) in [5.41, 5.74) is 29.4. The average molecular weight is 1140 g/mol. The van der Waals surface area contributed by atoms with Crippen molar-refractivity contribution in [3.05, 3.63) is 166 Å². The Morgan fingerprint density at radius 1 is 0.400 bits per heavy atom. The zero-order valence-electron chi connectivity index (χ0n) is 55.6. The highest BCUT2D eigenvalue weighted by molar-refractivity contribution is 7.00. The van der Waals surface area contributed by atoms with Crippen LogP contribution in [-0.2, 0) is 43.3 Å². The van der Waals surface area contributed by atoms with E-state index in [0.29, 0.717) is 0 Å². The minimum atomic E-state index is -1.10. The van der Waals surface area contributed by atoms with Gasteiger partial charge < -0.3 is 14.7 Å². The molecule has 0 saturated heterocycles. The lowest BCUT2D eigenvalue weighted by atomic mass is 9.32. The molecule has 0 spiro atoms. The molecule has 0 radical (unpaired) electrons. The smallest absolute Gasteiger partial charge is 0.252 e. The predicted octanol–water partition coefficient (Wildman–Crippen LogP) is 19.2. The van der Waals surface area contributed by atoms with Crippen LogP contribution in [0.3, 0.4) is 0 Å². The van der Waals surface area contributed by atoms with Gasteiger partial charge >= 0.3 is 0 Å². The lowest BCUT2D eigenvalue weighted by Crippen LogP contribution is -2.62. The zero-order chi connectivity index (χ0) is 60.3. The third-order valence-electron chi connectivity index (χ3n) is 24.3. The largest absolute Gasteiger partial charge is 0.334 e. The third kappa shape index (κ3) is 8.28. The van der Waals surface area contributed by atoms with Crippen LogP contribution in [0.15, 0.2) is 121 Å². The molecule has 7 aromatic carbocycles. The molecule has 7 aromatic rings. The highest BCUT2D eigenvalue weighted by Crippen LogP contribution is 2.63. The summed E-state index contributed by atoms with van der Waals surface area (Å²) in [6.45, 7) is 47.7. The van der Waals surface area contributed by atoms with E-state index in [9.17, 15) is 0 Å². The first-order valence-electron chi connectivity index (χ1n) is 33.2. The number of fused-ring (bicyclic) bond motifs is 10. The van der Waals surface area contributed by atoms with Crippen LogP contribution in [0.1, 0.15) is 226 Å². The summed E-state index contributed by atoms with van der Waals surface area (Å²) < 4.78 is 0. The van der Waals surface area contributed by atoms with Crippen LogP contribution in [0.5, 0.6) is 0 Å². The van der Waals surface area contributed by atoms with Crippen molar-refractivity contribution >= 4 is 82.6 Å². The molecule has 0 aromatic heterocycles. The molecule has 1 saturated carbocycles. The van der Waals surface area contributed by atoms with Gasteiger partial charge in [-0.1, -0.05) is 209 Å². The van der Waals surface area contributed by atoms with E-state index in [2.05, 4.69) is 267 Å². The molecule has 0 N–H and O–H groups in total. The second-order valence-electron chi connectivity index (χ2n) is 33.9. The summed E-state index contributed by atoms with van der Waals surface area (Å²) in [5, 5.41) is 1.58. The van der Waals surface area contributed by atoms with Gasteiger partial charge in [0.1, 0.15) is 0 Å². The normalized spacial score (nSPS) is 23.9. The first kappa shape index (κ1) is 57.0. The van der Waals surface area contributed by atoms with E-state index in [-0.39, 0.29) is 55.6 Å². The van der Waals surface area contributed by atoms with Gasteiger partial charge in [0.2, 0.25) is 0 Å². The number of hydrogen-bond acceptors (Lipinski definition) is 3. The van der Waals surface area contributed by atoms with Crippen molar-refractivity contribution < 1.29 is 0 Å². The molecule has 5 heteroatoms. The van der Waals surface area contributed by atoms with Crippen LogP contribution >= 0.6 is 0 Å². The van der Waals surface area contributed by atoms with Gasteiger partial charge in [-0.3, -0.25) is 0 Å². The number of nitrogens with zero attached hydrogens (tertiary/aromatic N) is 3. The minimum Gasteiger partial charge on any atom is -0.334 e. The van der Waals surface area contributed by atoms with Crippen molar-refractivity contribution in [1.29, 1.82) is 0 Å². The Morgan fingerprint density at radius 3 is 1.45 bits per heavy atom. The molecule has 440 valence electrons. The Balaban J connectivity index is 1.18. The van der Waals surface area contributed by atoms with E-state index >= 15 is 0 Å². The molecule has 3 aliphatic heterocycles. The molecule has 3 nitrogen and oxygen atoms in total. The van der Waals surface area contributed by atoms with Crippen LogP contribution in [0.4, 0.5) is 45.5 Å². The fraction of sp³-hybridized carbons (Fsp3) is 0.475. The summed E-state index contributed by atoms with van der Waals surface area (Å²) in [5.74, 6) is 0. The average Bonchev–Trinajstić information content (AvgIpc) is 1.63. The Hall–Kier alpha value is -5.78. The molecule has 2 unspecified atom stereocenters. The van der Waals surface area contributed by atoms with Crippen LogP contribution in [0.25, 0.3) is 11.1 Å². The number of anilines is 8. The first-order chi connectivity index (χ1) is 39.8. The van der Waals surface area contributed by atoms with Crippen molar-refractivity contribution in [2.75, 3.05) is 14.7 Å². The Kier molecular flexibility index (Phi) is 12.3. The van der Waals surface area contributed by atoms with E-state index in [1.807, 2.05) is 0 Å². The maximum absolute atomic E-state index is 2.91. The fourth-order valence-electron chi connectivity index (χ4n) is 18.0. The van der Waals surface area contributed by atoms with Gasteiger partial charge in [-0.15, -0.1) is 0 Å². The molecule has 85 heavy (non-hydrogen) atoms. The Morgan fingerprint density at radius 2 is 0.894 bits per heavy atom. The van der Waals surface area contributed by atoms with Gasteiger partial charge in [-0.2, -0.15) is 0 Å². The number of hydrogen-bond donors (Lipinski definition) is 0. The van der Waals surface area contributed by atoms with Crippen LogP contribution < -0.4 is 36.3 Å². The van der Waals surface area contributed by atoms with E-state index in [4.69, 9.17) is 0 Å². The van der Waals surface area contributed by atoms with Gasteiger partial charge in [0.15, 0.2) is 0 Å². The molecular weight excluding hydrogens is 1040 g/mol. The van der Waals surface area contributed by atoms with Crippen molar-refractivity contribution in [2.45, 2.75) is 244 Å². The Bertz CT molecular complexity index is 3940. The SMILES string of the molecule is C[SiH](C)c1ccc2c(c1)C1(C)CCCCC1(C)N2c1cc2c3c(c1)N(c1ccc(C(C)(C)C)cc1-c1ccccc1)c1cc4c(cc1B3c1cc3c(cc1N2c1ccc2c(c1)C(C)(C)CCC2(C)C)C(C)(C)CCC3(C)C)C(C)(C)CCC4(C)C. The van der Waals surface area contributed by atoms with Crippen molar-refractivity contribution in [3.63, 3.8) is 0 Å². The van der Waals surface area contributed by atoms with E-state index in [1.165, 1.54) is 163 Å². The van der Waals surface area contributed by atoms with Crippen molar-refractivity contribution in [3.8, 4) is 11.1 Å². The van der Waals surface area contributed by atoms with Crippen molar-refractivity contribution in [1.82, 2.24) is 0 Å². The van der Waals surface area contributed by atoms with E-state index in [1.54, 1.807) is 10.8 Å². The highest BCUT2D eigenvalue weighted by atomic mass is 28.3. The molecule has 2 atom stereocenters. The minimum absolute atomic E-state index is 0.00107. The van der Waals surface area contributed by atoms with E-state index in [0.717, 1.165) is 12.8 Å². The lowest BCUT2D eigenvalue weighted by Gasteiger charge is -2.52. The van der Waals surface area contributed by atoms with Crippen molar-refractivity contribution in [2.24, 2.45) is 0 Å². The number of rotatable bonds is 5. The van der Waals surface area contributed by atoms with Gasteiger partial charge in [0, 0.05) is 50.8 Å². The predicted molar refractivity (Wildman–Crippen MR) is 372 cm³/mol. The van der Waals surface area contributed by atoms with E-state index < -0.39 is 8.80 Å². The fourth-order valence-corrected chi connectivity index (χ4v) is 19.0. The molecule has 1 fully saturated rings. The molecule has 0 amide bonds.